The number of rotatable bonds is 5. The molecule has 0 saturated carbocycles. The highest BCUT2D eigenvalue weighted by molar-refractivity contribution is 7.10. The van der Waals surface area contributed by atoms with E-state index in [9.17, 15) is 9.59 Å². The van der Waals surface area contributed by atoms with E-state index in [1.807, 2.05) is 29.6 Å². The van der Waals surface area contributed by atoms with Crippen LogP contribution in [-0.4, -0.2) is 31.6 Å². The Kier molecular flexibility index (Phi) is 6.29. The lowest BCUT2D eigenvalue weighted by atomic mass is 9.78. The van der Waals surface area contributed by atoms with Crippen LogP contribution in [-0.2, 0) is 26.3 Å². The minimum absolute atomic E-state index is 0.162. The first-order valence-electron chi connectivity index (χ1n) is 8.52. The maximum absolute atomic E-state index is 12.2. The van der Waals surface area contributed by atoms with E-state index in [0.29, 0.717) is 24.8 Å². The molecule has 1 aromatic heterocycles. The molecule has 7 heteroatoms. The molecule has 2 N–H and O–H groups in total. The molecule has 1 fully saturated rings. The highest BCUT2D eigenvalue weighted by Crippen LogP contribution is 2.36. The largest absolute Gasteiger partial charge is 0.381 e. The molecule has 0 radical (unpaired) electrons. The Morgan fingerprint density at radius 3 is 2.50 bits per heavy atom. The maximum atomic E-state index is 12.2. The van der Waals surface area contributed by atoms with Crippen LogP contribution < -0.4 is 10.6 Å². The van der Waals surface area contributed by atoms with Gasteiger partial charge in [0.2, 0.25) is 0 Å². The number of hydrogen-bond acceptors (Lipinski definition) is 4. The third kappa shape index (κ3) is 4.44. The van der Waals surface area contributed by atoms with Crippen molar-refractivity contribution in [2.75, 3.05) is 19.8 Å². The van der Waals surface area contributed by atoms with Gasteiger partial charge in [0, 0.05) is 41.6 Å². The Bertz CT molecular complexity index is 758. The Morgan fingerprint density at radius 1 is 1.08 bits per heavy atom. The van der Waals surface area contributed by atoms with Gasteiger partial charge in [0.25, 0.3) is 0 Å². The Labute approximate surface area is 161 Å². The third-order valence-corrected chi connectivity index (χ3v) is 6.17. The van der Waals surface area contributed by atoms with Crippen LogP contribution in [0.4, 0.5) is 0 Å². The predicted octanol–water partition coefficient (Wildman–Crippen LogP) is 2.88. The number of nitrogens with one attached hydrogen (secondary N) is 2. The second kappa shape index (κ2) is 8.66. The van der Waals surface area contributed by atoms with Crippen LogP contribution in [0.25, 0.3) is 0 Å². The van der Waals surface area contributed by atoms with Gasteiger partial charge >= 0.3 is 11.8 Å². The zero-order chi connectivity index (χ0) is 18.4. The van der Waals surface area contributed by atoms with Crippen molar-refractivity contribution in [2.45, 2.75) is 24.8 Å². The van der Waals surface area contributed by atoms with Gasteiger partial charge in [-0.15, -0.1) is 11.3 Å². The number of benzene rings is 1. The van der Waals surface area contributed by atoms with Gasteiger partial charge < -0.3 is 15.4 Å². The molecular formula is C19H21ClN2O3S. The minimum Gasteiger partial charge on any atom is -0.381 e. The molecule has 0 spiro atoms. The number of carbonyl (C=O) groups excluding carboxylic acids is 2. The topological polar surface area (TPSA) is 67.4 Å². The Morgan fingerprint density at radius 2 is 1.81 bits per heavy atom. The van der Waals surface area contributed by atoms with Crippen LogP contribution in [0.1, 0.15) is 23.3 Å². The van der Waals surface area contributed by atoms with E-state index in [1.54, 1.807) is 17.4 Å². The smallest absolute Gasteiger partial charge is 0.309 e. The average molecular weight is 393 g/mol. The summed E-state index contributed by atoms with van der Waals surface area (Å²) in [6.45, 7) is 1.96. The quantitative estimate of drug-likeness (QED) is 0.769. The van der Waals surface area contributed by atoms with Crippen LogP contribution in [0, 0.1) is 0 Å². The Balaban J connectivity index is 1.56. The van der Waals surface area contributed by atoms with E-state index >= 15 is 0 Å². The zero-order valence-corrected chi connectivity index (χ0v) is 15.9. The Hall–Kier alpha value is -1.89. The number of halogens is 1. The molecule has 2 heterocycles. The lowest BCUT2D eigenvalue weighted by Gasteiger charge is -2.36. The molecule has 2 aromatic rings. The van der Waals surface area contributed by atoms with Crippen molar-refractivity contribution < 1.29 is 14.3 Å². The summed E-state index contributed by atoms with van der Waals surface area (Å²) in [6.07, 6.45) is 1.66. The van der Waals surface area contributed by atoms with Gasteiger partial charge in [-0.3, -0.25) is 9.59 Å². The standard InChI is InChI=1S/C19H21ClN2O3S/c20-15-5-2-1-4-14(15)12-21-17(23)18(24)22-13-19(7-9-25-10-8-19)16-6-3-11-26-16/h1-6,11H,7-10,12-13H2,(H,21,23)(H,22,24). The second-order valence-corrected chi connectivity index (χ2v) is 7.68. The van der Waals surface area contributed by atoms with Crippen molar-refractivity contribution in [1.82, 2.24) is 10.6 Å². The van der Waals surface area contributed by atoms with Gasteiger partial charge in [-0.25, -0.2) is 0 Å². The lowest BCUT2D eigenvalue weighted by Crippen LogP contribution is -2.48. The molecule has 5 nitrogen and oxygen atoms in total. The van der Waals surface area contributed by atoms with Gasteiger partial charge in [0.1, 0.15) is 0 Å². The van der Waals surface area contributed by atoms with Crippen LogP contribution in [0.2, 0.25) is 5.02 Å². The van der Waals surface area contributed by atoms with Gasteiger partial charge in [-0.1, -0.05) is 35.9 Å². The van der Waals surface area contributed by atoms with Gasteiger partial charge in [0.15, 0.2) is 0 Å². The highest BCUT2D eigenvalue weighted by Gasteiger charge is 2.36. The molecule has 0 unspecified atom stereocenters. The second-order valence-electron chi connectivity index (χ2n) is 6.33. The number of ether oxygens (including phenoxy) is 1. The molecule has 2 amide bonds. The first-order chi connectivity index (χ1) is 12.6. The monoisotopic (exact) mass is 392 g/mol. The molecule has 3 rings (SSSR count). The summed E-state index contributed by atoms with van der Waals surface area (Å²) in [6, 6.07) is 11.3. The van der Waals surface area contributed by atoms with E-state index in [2.05, 4.69) is 16.7 Å². The summed E-state index contributed by atoms with van der Waals surface area (Å²) in [5.41, 5.74) is 0.611. The van der Waals surface area contributed by atoms with E-state index in [0.717, 1.165) is 18.4 Å². The molecule has 26 heavy (non-hydrogen) atoms. The van der Waals surface area contributed by atoms with E-state index in [1.165, 1.54) is 4.88 Å². The summed E-state index contributed by atoms with van der Waals surface area (Å²) in [5.74, 6) is -1.28. The number of carbonyl (C=O) groups is 2. The number of hydrogen-bond donors (Lipinski definition) is 2. The van der Waals surface area contributed by atoms with Crippen molar-refractivity contribution in [3.63, 3.8) is 0 Å². The fraction of sp³-hybridized carbons (Fsp3) is 0.368. The molecule has 138 valence electrons. The van der Waals surface area contributed by atoms with Gasteiger partial charge in [0.05, 0.1) is 0 Å². The molecule has 1 aliphatic rings. The lowest BCUT2D eigenvalue weighted by molar-refractivity contribution is -0.139. The van der Waals surface area contributed by atoms with Crippen molar-refractivity contribution in [2.24, 2.45) is 0 Å². The van der Waals surface area contributed by atoms with E-state index in [4.69, 9.17) is 16.3 Å². The van der Waals surface area contributed by atoms with E-state index in [-0.39, 0.29) is 12.0 Å². The summed E-state index contributed by atoms with van der Waals surface area (Å²) < 4.78 is 5.48. The summed E-state index contributed by atoms with van der Waals surface area (Å²) in [4.78, 5) is 25.5. The summed E-state index contributed by atoms with van der Waals surface area (Å²) in [7, 11) is 0. The van der Waals surface area contributed by atoms with Crippen LogP contribution in [0.3, 0.4) is 0 Å². The molecule has 0 bridgehead atoms. The van der Waals surface area contributed by atoms with E-state index < -0.39 is 11.8 Å². The average Bonchev–Trinajstić information content (AvgIpc) is 3.21. The first kappa shape index (κ1) is 18.9. The summed E-state index contributed by atoms with van der Waals surface area (Å²) >= 11 is 7.74. The summed E-state index contributed by atoms with van der Waals surface area (Å²) in [5, 5.41) is 8.01. The fourth-order valence-electron chi connectivity index (χ4n) is 3.08. The third-order valence-electron chi connectivity index (χ3n) is 4.68. The zero-order valence-electron chi connectivity index (χ0n) is 14.3. The fourth-order valence-corrected chi connectivity index (χ4v) is 4.27. The van der Waals surface area contributed by atoms with Crippen molar-refractivity contribution in [3.8, 4) is 0 Å². The van der Waals surface area contributed by atoms with Crippen LogP contribution in [0.15, 0.2) is 41.8 Å². The molecule has 0 aliphatic carbocycles. The van der Waals surface area contributed by atoms with Gasteiger partial charge in [-0.2, -0.15) is 0 Å². The minimum atomic E-state index is -0.654. The molecule has 1 saturated heterocycles. The SMILES string of the molecule is O=C(NCc1ccccc1Cl)C(=O)NCC1(c2cccs2)CCOCC1. The maximum Gasteiger partial charge on any atom is 0.309 e. The van der Waals surface area contributed by atoms with Crippen LogP contribution in [0.5, 0.6) is 0 Å². The number of amides is 2. The first-order valence-corrected chi connectivity index (χ1v) is 9.78. The normalized spacial score (nSPS) is 16.0. The number of thiophene rings is 1. The van der Waals surface area contributed by atoms with Crippen molar-refractivity contribution in [3.05, 3.63) is 57.2 Å². The predicted molar refractivity (Wildman–Crippen MR) is 102 cm³/mol. The van der Waals surface area contributed by atoms with Crippen molar-refractivity contribution in [1.29, 1.82) is 0 Å². The molecule has 1 aromatic carbocycles. The molecule has 1 aliphatic heterocycles. The van der Waals surface area contributed by atoms with Crippen molar-refractivity contribution >= 4 is 34.8 Å². The van der Waals surface area contributed by atoms with Crippen LogP contribution >= 0.6 is 22.9 Å². The molecule has 0 atom stereocenters. The highest BCUT2D eigenvalue weighted by atomic mass is 35.5. The molecular weight excluding hydrogens is 372 g/mol. The van der Waals surface area contributed by atoms with Gasteiger partial charge in [-0.05, 0) is 35.9 Å².